The Morgan fingerprint density at radius 3 is 2.30 bits per heavy atom. The summed E-state index contributed by atoms with van der Waals surface area (Å²) in [6.45, 7) is 3.13. The van der Waals surface area contributed by atoms with Gasteiger partial charge in [-0.15, -0.1) is 0 Å². The van der Waals surface area contributed by atoms with Gasteiger partial charge in [0.05, 0.1) is 11.5 Å². The molecule has 37 heavy (non-hydrogen) atoms. The van der Waals surface area contributed by atoms with Crippen LogP contribution in [0.1, 0.15) is 36.0 Å². The summed E-state index contributed by atoms with van der Waals surface area (Å²) < 4.78 is 47.2. The highest BCUT2D eigenvalue weighted by molar-refractivity contribution is 5.74. The normalized spacial score (nSPS) is 13.4. The summed E-state index contributed by atoms with van der Waals surface area (Å²) in [4.78, 5) is 15.4. The van der Waals surface area contributed by atoms with E-state index < -0.39 is 23.6 Å². The Hall–Kier alpha value is -3.98. The predicted octanol–water partition coefficient (Wildman–Crippen LogP) is 6.58. The van der Waals surface area contributed by atoms with E-state index in [0.717, 1.165) is 17.2 Å². The smallest absolute Gasteiger partial charge is 0.417 e. The summed E-state index contributed by atoms with van der Waals surface area (Å²) in [5, 5.41) is 22.8. The largest absolute Gasteiger partial charge is 0.481 e. The third-order valence-electron chi connectivity index (χ3n) is 6.35. The highest BCUT2D eigenvalue weighted by Gasteiger charge is 2.34. The molecule has 4 aromatic rings. The molecule has 9 heteroatoms. The number of hydrogen-bond donors (Lipinski definition) is 2. The lowest BCUT2D eigenvalue weighted by Crippen LogP contribution is -2.16. The Kier molecular flexibility index (Phi) is 7.45. The Morgan fingerprint density at radius 2 is 1.68 bits per heavy atom. The number of aliphatic hydroxyl groups is 1. The van der Waals surface area contributed by atoms with Crippen molar-refractivity contribution in [3.8, 4) is 34.0 Å². The van der Waals surface area contributed by atoms with Crippen LogP contribution in [0.3, 0.4) is 0 Å². The van der Waals surface area contributed by atoms with Gasteiger partial charge in [-0.3, -0.25) is 4.79 Å². The van der Waals surface area contributed by atoms with E-state index in [1.165, 1.54) is 12.1 Å². The number of rotatable bonds is 8. The lowest BCUT2D eigenvalue weighted by atomic mass is 9.90. The van der Waals surface area contributed by atoms with Gasteiger partial charge in [-0.25, -0.2) is 0 Å². The van der Waals surface area contributed by atoms with Crippen LogP contribution in [0, 0.1) is 12.8 Å². The number of hydrogen-bond acceptors (Lipinski definition) is 5. The van der Waals surface area contributed by atoms with Gasteiger partial charge >= 0.3 is 12.1 Å². The molecule has 0 aliphatic heterocycles. The van der Waals surface area contributed by atoms with Crippen molar-refractivity contribution in [2.45, 2.75) is 32.4 Å². The van der Waals surface area contributed by atoms with Gasteiger partial charge in [0.1, 0.15) is 0 Å². The first-order chi connectivity index (χ1) is 17.6. The Labute approximate surface area is 211 Å². The molecule has 0 aliphatic carbocycles. The van der Waals surface area contributed by atoms with Crippen molar-refractivity contribution in [1.29, 1.82) is 0 Å². The van der Waals surface area contributed by atoms with Gasteiger partial charge in [0.2, 0.25) is 5.82 Å². The van der Waals surface area contributed by atoms with Gasteiger partial charge in [-0.2, -0.15) is 18.2 Å². The highest BCUT2D eigenvalue weighted by atomic mass is 19.4. The number of aliphatic hydroxyl groups excluding tert-OH is 1. The molecule has 0 saturated heterocycles. The van der Waals surface area contributed by atoms with Crippen molar-refractivity contribution in [3.05, 3.63) is 83.4 Å². The van der Waals surface area contributed by atoms with Gasteiger partial charge < -0.3 is 14.7 Å². The molecular weight excluding hydrogens is 485 g/mol. The van der Waals surface area contributed by atoms with Crippen LogP contribution in [0.25, 0.3) is 34.0 Å². The maximum atomic E-state index is 14.0. The van der Waals surface area contributed by atoms with Crippen molar-refractivity contribution >= 4 is 5.97 Å². The van der Waals surface area contributed by atoms with E-state index in [0.29, 0.717) is 11.1 Å². The molecule has 1 heterocycles. The predicted molar refractivity (Wildman–Crippen MR) is 132 cm³/mol. The zero-order valence-corrected chi connectivity index (χ0v) is 20.2. The van der Waals surface area contributed by atoms with Crippen LogP contribution in [-0.4, -0.2) is 32.9 Å². The average molecular weight is 511 g/mol. The quantitative estimate of drug-likeness (QED) is 0.278. The van der Waals surface area contributed by atoms with Crippen molar-refractivity contribution in [3.63, 3.8) is 0 Å². The van der Waals surface area contributed by atoms with Crippen LogP contribution < -0.4 is 0 Å². The van der Waals surface area contributed by atoms with Crippen molar-refractivity contribution in [2.24, 2.45) is 5.92 Å². The van der Waals surface area contributed by atoms with Crippen LogP contribution >= 0.6 is 0 Å². The third kappa shape index (κ3) is 5.72. The highest BCUT2D eigenvalue weighted by Crippen LogP contribution is 2.40. The summed E-state index contributed by atoms with van der Waals surface area (Å²) in [6.07, 6.45) is -4.31. The Morgan fingerprint density at radius 1 is 1.00 bits per heavy atom. The second kappa shape index (κ2) is 10.6. The summed E-state index contributed by atoms with van der Waals surface area (Å²) in [5.41, 5.74) is 1.95. The molecular formula is C28H25F3N2O4. The lowest BCUT2D eigenvalue weighted by molar-refractivity contribution is -0.141. The fourth-order valence-electron chi connectivity index (χ4n) is 4.23. The van der Waals surface area contributed by atoms with Crippen molar-refractivity contribution in [1.82, 2.24) is 10.1 Å². The van der Waals surface area contributed by atoms with E-state index in [1.54, 1.807) is 62.4 Å². The van der Waals surface area contributed by atoms with Crippen LogP contribution in [0.4, 0.5) is 13.2 Å². The molecule has 0 saturated carbocycles. The molecule has 0 fully saturated rings. The minimum atomic E-state index is -4.59. The van der Waals surface area contributed by atoms with Gasteiger partial charge in [-0.05, 0) is 47.7 Å². The van der Waals surface area contributed by atoms with Crippen LogP contribution in [-0.2, 0) is 11.0 Å². The molecule has 0 unspecified atom stereocenters. The van der Waals surface area contributed by atoms with E-state index in [1.807, 2.05) is 0 Å². The molecule has 3 aromatic carbocycles. The van der Waals surface area contributed by atoms with E-state index in [9.17, 15) is 23.1 Å². The van der Waals surface area contributed by atoms with E-state index in [2.05, 4.69) is 10.1 Å². The summed E-state index contributed by atoms with van der Waals surface area (Å²) in [6, 6.07) is 17.7. The number of carboxylic acids is 1. The number of nitrogens with zero attached hydrogens (tertiary/aromatic N) is 2. The van der Waals surface area contributed by atoms with Crippen LogP contribution in [0.5, 0.6) is 0 Å². The first-order valence-corrected chi connectivity index (χ1v) is 11.6. The molecule has 0 radical (unpaired) electrons. The number of carbonyl (C=O) groups is 1. The van der Waals surface area contributed by atoms with Crippen molar-refractivity contribution in [2.75, 3.05) is 6.61 Å². The third-order valence-corrected chi connectivity index (χ3v) is 6.35. The molecule has 192 valence electrons. The SMILES string of the molecule is Cc1ccccc1-c1ccc(-c2nc(-c3ccc([C@H](CO)C[C@H](C)C(=O)O)cc3)no2)cc1C(F)(F)F. The van der Waals surface area contributed by atoms with Crippen LogP contribution in [0.15, 0.2) is 71.3 Å². The number of alkyl halides is 3. The molecule has 0 spiro atoms. The van der Waals surface area contributed by atoms with Gasteiger partial charge in [-0.1, -0.05) is 66.7 Å². The van der Waals surface area contributed by atoms with Gasteiger partial charge in [0, 0.05) is 23.7 Å². The zero-order chi connectivity index (χ0) is 26.7. The number of carboxylic acid groups (broad SMARTS) is 1. The lowest BCUT2D eigenvalue weighted by Gasteiger charge is -2.17. The number of aromatic nitrogens is 2. The number of halogens is 3. The van der Waals surface area contributed by atoms with E-state index in [4.69, 9.17) is 9.63 Å². The minimum Gasteiger partial charge on any atom is -0.481 e. The first kappa shape index (κ1) is 26.1. The van der Waals surface area contributed by atoms with Gasteiger partial charge in [0.25, 0.3) is 5.89 Å². The zero-order valence-electron chi connectivity index (χ0n) is 20.2. The molecule has 0 bridgehead atoms. The molecule has 0 aliphatic rings. The summed E-state index contributed by atoms with van der Waals surface area (Å²) in [5.74, 6) is -1.76. The van der Waals surface area contributed by atoms with Crippen molar-refractivity contribution < 1.29 is 32.7 Å². The Bertz CT molecular complexity index is 1400. The second-order valence-corrected chi connectivity index (χ2v) is 8.97. The van der Waals surface area contributed by atoms with E-state index >= 15 is 0 Å². The molecule has 4 rings (SSSR count). The standard InChI is InChI=1S/C28H25F3N2O4/c1-16-5-3-4-6-22(16)23-12-11-20(14-24(23)28(29,30)31)26-32-25(33-37-26)19-9-7-18(8-10-19)21(15-34)13-17(2)27(35)36/h3-12,14,17,21,34H,13,15H2,1-2H3,(H,35,36)/t17-,21-/m0/s1. The maximum Gasteiger partial charge on any atom is 0.417 e. The van der Waals surface area contributed by atoms with Crippen LogP contribution in [0.2, 0.25) is 0 Å². The molecule has 2 atom stereocenters. The monoisotopic (exact) mass is 510 g/mol. The minimum absolute atomic E-state index is 0.0515. The number of benzene rings is 3. The second-order valence-electron chi connectivity index (χ2n) is 8.97. The summed E-state index contributed by atoms with van der Waals surface area (Å²) >= 11 is 0. The molecule has 6 nitrogen and oxygen atoms in total. The molecule has 1 aromatic heterocycles. The Balaban J connectivity index is 1.62. The number of aryl methyl sites for hydroxylation is 1. The maximum absolute atomic E-state index is 14.0. The first-order valence-electron chi connectivity index (χ1n) is 11.6. The van der Waals surface area contributed by atoms with E-state index in [-0.39, 0.29) is 41.8 Å². The van der Waals surface area contributed by atoms with Gasteiger partial charge in [0.15, 0.2) is 0 Å². The fourth-order valence-corrected chi connectivity index (χ4v) is 4.23. The molecule has 0 amide bonds. The topological polar surface area (TPSA) is 96.5 Å². The fraction of sp³-hybridized carbons (Fsp3) is 0.250. The summed E-state index contributed by atoms with van der Waals surface area (Å²) in [7, 11) is 0. The number of aliphatic carboxylic acids is 1. The molecule has 2 N–H and O–H groups in total. The average Bonchev–Trinajstić information content (AvgIpc) is 3.37.